The highest BCUT2D eigenvalue weighted by molar-refractivity contribution is 7.12. The molecular formula is C19H11F2NO4S. The third kappa shape index (κ3) is 2.74. The number of hydrogen-bond donors (Lipinski definition) is 1. The average Bonchev–Trinajstić information content (AvgIpc) is 3.39. The van der Waals surface area contributed by atoms with E-state index in [1.54, 1.807) is 23.6 Å². The molecule has 1 unspecified atom stereocenters. The van der Waals surface area contributed by atoms with Crippen LogP contribution in [0.15, 0.2) is 69.9 Å². The van der Waals surface area contributed by atoms with Crippen LogP contribution in [0.25, 0.3) is 0 Å². The van der Waals surface area contributed by atoms with Crippen LogP contribution in [0, 0.1) is 11.6 Å². The molecule has 5 nitrogen and oxygen atoms in total. The minimum Gasteiger partial charge on any atom is -0.503 e. The van der Waals surface area contributed by atoms with Crippen LogP contribution in [0.1, 0.15) is 21.5 Å². The Bertz CT molecular complexity index is 1060. The lowest BCUT2D eigenvalue weighted by atomic mass is 10.00. The summed E-state index contributed by atoms with van der Waals surface area (Å²) in [6.45, 7) is 0. The first-order chi connectivity index (χ1) is 13.0. The molecule has 0 fully saturated rings. The van der Waals surface area contributed by atoms with Crippen LogP contribution in [-0.2, 0) is 4.79 Å². The van der Waals surface area contributed by atoms with Crippen molar-refractivity contribution in [3.63, 3.8) is 0 Å². The highest BCUT2D eigenvalue weighted by Gasteiger charge is 2.46. The van der Waals surface area contributed by atoms with E-state index in [9.17, 15) is 23.5 Å². The summed E-state index contributed by atoms with van der Waals surface area (Å²) in [6, 6.07) is 8.11. The van der Waals surface area contributed by atoms with Crippen LogP contribution in [0.5, 0.6) is 0 Å². The van der Waals surface area contributed by atoms with E-state index in [1.807, 2.05) is 0 Å². The van der Waals surface area contributed by atoms with Crippen molar-refractivity contribution < 1.29 is 27.9 Å². The number of amides is 1. The standard InChI is InChI=1S/C19H11F2NO4S/c20-11-6-5-10(9-12(11)21)22-16(13-3-1-7-26-13)15(18(24)19(22)25)17(23)14-4-2-8-27-14/h1-9,16,24H. The molecule has 1 atom stereocenters. The number of furan rings is 1. The maximum absolute atomic E-state index is 13.7. The number of anilines is 1. The summed E-state index contributed by atoms with van der Waals surface area (Å²) >= 11 is 1.16. The van der Waals surface area contributed by atoms with Gasteiger partial charge in [-0.05, 0) is 35.7 Å². The number of aliphatic hydroxyl groups is 1. The molecule has 0 saturated heterocycles. The number of nitrogens with zero attached hydrogens (tertiary/aromatic N) is 1. The van der Waals surface area contributed by atoms with Gasteiger partial charge in [0.2, 0.25) is 5.78 Å². The van der Waals surface area contributed by atoms with Gasteiger partial charge >= 0.3 is 0 Å². The molecule has 8 heteroatoms. The first-order valence-electron chi connectivity index (χ1n) is 7.82. The van der Waals surface area contributed by atoms with E-state index < -0.39 is 35.1 Å². The number of ketones is 1. The van der Waals surface area contributed by atoms with Crippen LogP contribution in [0.3, 0.4) is 0 Å². The number of Topliss-reactive ketones (excluding diaryl/α,β-unsaturated/α-hetero) is 1. The topological polar surface area (TPSA) is 70.8 Å². The second-order valence-corrected chi connectivity index (χ2v) is 6.71. The molecule has 0 saturated carbocycles. The molecule has 1 aliphatic heterocycles. The van der Waals surface area contributed by atoms with Gasteiger partial charge in [-0.25, -0.2) is 8.78 Å². The van der Waals surface area contributed by atoms with Crippen molar-refractivity contribution in [2.45, 2.75) is 6.04 Å². The molecule has 136 valence electrons. The van der Waals surface area contributed by atoms with Crippen LogP contribution < -0.4 is 4.90 Å². The molecule has 0 spiro atoms. The summed E-state index contributed by atoms with van der Waals surface area (Å²) in [6.07, 6.45) is 1.35. The Kier molecular flexibility index (Phi) is 4.12. The zero-order valence-corrected chi connectivity index (χ0v) is 14.4. The minimum atomic E-state index is -1.16. The van der Waals surface area contributed by atoms with E-state index in [0.29, 0.717) is 4.88 Å². The average molecular weight is 387 g/mol. The fraction of sp³-hybridized carbons (Fsp3) is 0.0526. The van der Waals surface area contributed by atoms with E-state index >= 15 is 0 Å². The lowest BCUT2D eigenvalue weighted by molar-refractivity contribution is -0.117. The van der Waals surface area contributed by atoms with Crippen molar-refractivity contribution in [2.24, 2.45) is 0 Å². The Morgan fingerprint density at radius 2 is 1.96 bits per heavy atom. The largest absolute Gasteiger partial charge is 0.503 e. The van der Waals surface area contributed by atoms with Gasteiger partial charge in [0.1, 0.15) is 11.8 Å². The molecule has 3 heterocycles. The van der Waals surface area contributed by atoms with Gasteiger partial charge in [0, 0.05) is 11.8 Å². The quantitative estimate of drug-likeness (QED) is 0.674. The number of thiophene rings is 1. The summed E-state index contributed by atoms with van der Waals surface area (Å²) in [7, 11) is 0. The highest BCUT2D eigenvalue weighted by Crippen LogP contribution is 2.42. The van der Waals surface area contributed by atoms with E-state index in [2.05, 4.69) is 0 Å². The van der Waals surface area contributed by atoms with Gasteiger partial charge in [0.15, 0.2) is 17.4 Å². The van der Waals surface area contributed by atoms with Gasteiger partial charge < -0.3 is 9.52 Å². The Morgan fingerprint density at radius 3 is 2.59 bits per heavy atom. The summed E-state index contributed by atoms with van der Waals surface area (Å²) < 4.78 is 32.4. The van der Waals surface area contributed by atoms with E-state index in [1.165, 1.54) is 18.4 Å². The van der Waals surface area contributed by atoms with Crippen molar-refractivity contribution in [1.82, 2.24) is 0 Å². The molecule has 1 aromatic carbocycles. The lowest BCUT2D eigenvalue weighted by Gasteiger charge is -2.24. The lowest BCUT2D eigenvalue weighted by Crippen LogP contribution is -2.30. The predicted octanol–water partition coefficient (Wildman–Crippen LogP) is 4.40. The molecule has 0 bridgehead atoms. The Labute approximate surface area is 155 Å². The number of carbonyl (C=O) groups excluding carboxylic acids is 2. The smallest absolute Gasteiger partial charge is 0.294 e. The van der Waals surface area contributed by atoms with Crippen LogP contribution in [0.4, 0.5) is 14.5 Å². The fourth-order valence-electron chi connectivity index (χ4n) is 2.99. The van der Waals surface area contributed by atoms with Crippen molar-refractivity contribution >= 4 is 28.7 Å². The molecule has 2 aromatic heterocycles. The SMILES string of the molecule is O=C(C1=C(O)C(=O)N(c2ccc(F)c(F)c2)C1c1ccco1)c1cccs1. The minimum absolute atomic E-state index is 0.0131. The third-order valence-corrected chi connectivity index (χ3v) is 5.06. The maximum atomic E-state index is 13.7. The number of halogens is 2. The van der Waals surface area contributed by atoms with Crippen LogP contribution in [-0.4, -0.2) is 16.8 Å². The van der Waals surface area contributed by atoms with Gasteiger partial charge in [-0.15, -0.1) is 11.3 Å². The molecule has 0 radical (unpaired) electrons. The number of aliphatic hydroxyl groups excluding tert-OH is 1. The molecule has 4 rings (SSSR count). The number of benzene rings is 1. The summed E-state index contributed by atoms with van der Waals surface area (Å²) in [4.78, 5) is 26.9. The first-order valence-corrected chi connectivity index (χ1v) is 8.70. The van der Waals surface area contributed by atoms with Gasteiger partial charge in [-0.3, -0.25) is 14.5 Å². The molecule has 3 aromatic rings. The normalized spacial score (nSPS) is 17.0. The Hall–Kier alpha value is -3.26. The molecule has 1 amide bonds. The molecule has 27 heavy (non-hydrogen) atoms. The third-order valence-electron chi connectivity index (χ3n) is 4.19. The van der Waals surface area contributed by atoms with Gasteiger partial charge in [0.25, 0.3) is 5.91 Å². The van der Waals surface area contributed by atoms with E-state index in [-0.39, 0.29) is 17.0 Å². The second-order valence-electron chi connectivity index (χ2n) is 5.76. The number of rotatable bonds is 4. The van der Waals surface area contributed by atoms with Gasteiger partial charge in [-0.2, -0.15) is 0 Å². The zero-order valence-electron chi connectivity index (χ0n) is 13.6. The Morgan fingerprint density at radius 1 is 1.15 bits per heavy atom. The fourth-order valence-corrected chi connectivity index (χ4v) is 3.67. The van der Waals surface area contributed by atoms with Crippen molar-refractivity contribution in [2.75, 3.05) is 4.90 Å². The summed E-state index contributed by atoms with van der Waals surface area (Å²) in [5.74, 6) is -4.22. The monoisotopic (exact) mass is 387 g/mol. The van der Waals surface area contributed by atoms with Gasteiger partial charge in [-0.1, -0.05) is 6.07 Å². The number of carbonyl (C=O) groups is 2. The van der Waals surface area contributed by atoms with Crippen LogP contribution in [0.2, 0.25) is 0 Å². The maximum Gasteiger partial charge on any atom is 0.294 e. The molecular weight excluding hydrogens is 376 g/mol. The van der Waals surface area contributed by atoms with Crippen molar-refractivity contribution in [3.8, 4) is 0 Å². The van der Waals surface area contributed by atoms with Crippen molar-refractivity contribution in [3.05, 3.63) is 87.7 Å². The van der Waals surface area contributed by atoms with E-state index in [4.69, 9.17) is 4.42 Å². The number of hydrogen-bond acceptors (Lipinski definition) is 5. The van der Waals surface area contributed by atoms with E-state index in [0.717, 1.165) is 28.4 Å². The Balaban J connectivity index is 1.87. The van der Waals surface area contributed by atoms with Gasteiger partial charge in [0.05, 0.1) is 16.7 Å². The summed E-state index contributed by atoms with van der Waals surface area (Å²) in [5.41, 5.74) is -0.192. The highest BCUT2D eigenvalue weighted by atomic mass is 32.1. The summed E-state index contributed by atoms with van der Waals surface area (Å²) in [5, 5.41) is 12.1. The molecule has 0 aliphatic carbocycles. The predicted molar refractivity (Wildman–Crippen MR) is 93.6 cm³/mol. The second kappa shape index (κ2) is 6.48. The molecule has 1 N–H and O–H groups in total. The molecule has 1 aliphatic rings. The zero-order chi connectivity index (χ0) is 19.1. The van der Waals surface area contributed by atoms with Crippen molar-refractivity contribution in [1.29, 1.82) is 0 Å². The first kappa shape index (κ1) is 17.2. The van der Waals surface area contributed by atoms with Crippen LogP contribution >= 0.6 is 11.3 Å².